The minimum Gasteiger partial charge on any atom is -0.306 e. The van der Waals surface area contributed by atoms with E-state index >= 15 is 0 Å². The number of hydrogen-bond donors (Lipinski definition) is 1. The quantitative estimate of drug-likeness (QED) is 0.863. The molecule has 0 radical (unpaired) electrons. The fourth-order valence-electron chi connectivity index (χ4n) is 3.01. The summed E-state index contributed by atoms with van der Waals surface area (Å²) in [6, 6.07) is 18.0. The number of hydrogen-bond acceptors (Lipinski definition) is 1. The van der Waals surface area contributed by atoms with Crippen molar-refractivity contribution in [1.29, 1.82) is 0 Å². The molecule has 1 aliphatic rings. The fraction of sp³-hybridized carbons (Fsp3) is 0.333. The Kier molecular flexibility index (Phi) is 3.65. The molecule has 0 saturated heterocycles. The summed E-state index contributed by atoms with van der Waals surface area (Å²) in [4.78, 5) is 0. The van der Waals surface area contributed by atoms with Crippen LogP contribution in [0.25, 0.3) is 0 Å². The molecule has 2 aromatic carbocycles. The van der Waals surface area contributed by atoms with Gasteiger partial charge >= 0.3 is 0 Å². The molecule has 3 rings (SSSR count). The third kappa shape index (κ3) is 2.71. The van der Waals surface area contributed by atoms with Gasteiger partial charge in [0.05, 0.1) is 0 Å². The van der Waals surface area contributed by atoms with E-state index in [-0.39, 0.29) is 0 Å². The van der Waals surface area contributed by atoms with Gasteiger partial charge in [-0.25, -0.2) is 0 Å². The second kappa shape index (κ2) is 5.58. The van der Waals surface area contributed by atoms with Crippen molar-refractivity contribution in [2.24, 2.45) is 0 Å². The number of rotatable bonds is 3. The van der Waals surface area contributed by atoms with Crippen molar-refractivity contribution in [1.82, 2.24) is 5.32 Å². The molecule has 2 aromatic rings. The summed E-state index contributed by atoms with van der Waals surface area (Å²) in [5.74, 6) is 0. The first kappa shape index (κ1) is 12.4. The molecule has 1 heteroatoms. The second-order valence-corrected chi connectivity index (χ2v) is 5.45. The summed E-state index contributed by atoms with van der Waals surface area (Å²) in [5.41, 5.74) is 5.81. The van der Waals surface area contributed by atoms with E-state index in [1.165, 1.54) is 41.5 Å². The molecule has 0 unspecified atom stereocenters. The lowest BCUT2D eigenvalue weighted by Gasteiger charge is -2.26. The zero-order valence-electron chi connectivity index (χ0n) is 11.5. The Morgan fingerprint density at radius 1 is 1.05 bits per heavy atom. The first-order valence-electron chi connectivity index (χ1n) is 7.20. The Balaban J connectivity index is 1.73. The van der Waals surface area contributed by atoms with Gasteiger partial charge in [-0.15, -0.1) is 0 Å². The second-order valence-electron chi connectivity index (χ2n) is 5.45. The van der Waals surface area contributed by atoms with Crippen molar-refractivity contribution >= 4 is 0 Å². The molecule has 0 aliphatic heterocycles. The monoisotopic (exact) mass is 251 g/mol. The smallest absolute Gasteiger partial charge is 0.0326 e. The van der Waals surface area contributed by atoms with Gasteiger partial charge in [0.25, 0.3) is 0 Å². The highest BCUT2D eigenvalue weighted by molar-refractivity contribution is 5.32. The van der Waals surface area contributed by atoms with Gasteiger partial charge in [-0.05, 0) is 48.4 Å². The number of benzene rings is 2. The standard InChI is InChI=1S/C18H21N/c1-14-7-2-3-9-16(14)13-19-18-12-6-10-15-8-4-5-11-17(15)18/h2-5,7-9,11,18-19H,6,10,12-13H2,1H3/t18-/m0/s1. The summed E-state index contributed by atoms with van der Waals surface area (Å²) in [5, 5.41) is 3.73. The van der Waals surface area contributed by atoms with Gasteiger partial charge in [0.15, 0.2) is 0 Å². The van der Waals surface area contributed by atoms with Crippen LogP contribution in [-0.2, 0) is 13.0 Å². The predicted molar refractivity (Wildman–Crippen MR) is 80.1 cm³/mol. The topological polar surface area (TPSA) is 12.0 Å². The molecule has 98 valence electrons. The minimum absolute atomic E-state index is 0.518. The zero-order valence-corrected chi connectivity index (χ0v) is 11.5. The largest absolute Gasteiger partial charge is 0.306 e. The number of fused-ring (bicyclic) bond motifs is 1. The third-order valence-electron chi connectivity index (χ3n) is 4.17. The highest BCUT2D eigenvalue weighted by Gasteiger charge is 2.18. The molecule has 0 aromatic heterocycles. The highest BCUT2D eigenvalue weighted by atomic mass is 14.9. The molecular weight excluding hydrogens is 230 g/mol. The zero-order chi connectivity index (χ0) is 13.1. The maximum atomic E-state index is 3.73. The van der Waals surface area contributed by atoms with E-state index in [9.17, 15) is 0 Å². The molecule has 19 heavy (non-hydrogen) atoms. The van der Waals surface area contributed by atoms with Crippen molar-refractivity contribution in [2.75, 3.05) is 0 Å². The molecule has 1 nitrogen and oxygen atoms in total. The molecule has 0 bridgehead atoms. The summed E-state index contributed by atoms with van der Waals surface area (Å²) >= 11 is 0. The molecule has 0 spiro atoms. The average molecular weight is 251 g/mol. The molecule has 0 saturated carbocycles. The maximum Gasteiger partial charge on any atom is 0.0326 e. The van der Waals surface area contributed by atoms with Crippen LogP contribution in [0.15, 0.2) is 48.5 Å². The first-order valence-corrected chi connectivity index (χ1v) is 7.20. The molecule has 0 fully saturated rings. The van der Waals surface area contributed by atoms with Crippen LogP contribution in [-0.4, -0.2) is 0 Å². The molecule has 0 heterocycles. The van der Waals surface area contributed by atoms with Crippen molar-refractivity contribution < 1.29 is 0 Å². The van der Waals surface area contributed by atoms with E-state index in [4.69, 9.17) is 0 Å². The minimum atomic E-state index is 0.518. The van der Waals surface area contributed by atoms with Crippen LogP contribution in [0.1, 0.15) is 41.1 Å². The fourth-order valence-corrected chi connectivity index (χ4v) is 3.01. The van der Waals surface area contributed by atoms with Gasteiger partial charge in [0.2, 0.25) is 0 Å². The van der Waals surface area contributed by atoms with E-state index in [2.05, 4.69) is 60.8 Å². The van der Waals surface area contributed by atoms with Crippen molar-refractivity contribution in [3.8, 4) is 0 Å². The Morgan fingerprint density at radius 2 is 1.84 bits per heavy atom. The number of nitrogens with one attached hydrogen (secondary N) is 1. The summed E-state index contributed by atoms with van der Waals surface area (Å²) in [7, 11) is 0. The molecule has 1 N–H and O–H groups in total. The van der Waals surface area contributed by atoms with Crippen LogP contribution in [0, 0.1) is 6.92 Å². The van der Waals surface area contributed by atoms with Gasteiger partial charge in [-0.3, -0.25) is 0 Å². The average Bonchev–Trinajstić information content (AvgIpc) is 2.46. The summed E-state index contributed by atoms with van der Waals surface area (Å²) in [6.45, 7) is 3.15. The Morgan fingerprint density at radius 3 is 2.74 bits per heavy atom. The molecular formula is C18H21N. The van der Waals surface area contributed by atoms with Gasteiger partial charge in [-0.1, -0.05) is 48.5 Å². The normalized spacial score (nSPS) is 18.1. The van der Waals surface area contributed by atoms with Crippen molar-refractivity contribution in [3.05, 3.63) is 70.8 Å². The lowest BCUT2D eigenvalue weighted by atomic mass is 9.87. The van der Waals surface area contributed by atoms with E-state index < -0.39 is 0 Å². The summed E-state index contributed by atoms with van der Waals surface area (Å²) in [6.07, 6.45) is 3.78. The Hall–Kier alpha value is -1.60. The van der Waals surface area contributed by atoms with Crippen LogP contribution in [0.2, 0.25) is 0 Å². The highest BCUT2D eigenvalue weighted by Crippen LogP contribution is 2.29. The number of aryl methyl sites for hydroxylation is 2. The van der Waals surface area contributed by atoms with Crippen LogP contribution >= 0.6 is 0 Å². The molecule has 0 amide bonds. The Bertz CT molecular complexity index is 559. The molecule has 1 aliphatic carbocycles. The van der Waals surface area contributed by atoms with Crippen molar-refractivity contribution in [2.45, 2.75) is 38.8 Å². The van der Waals surface area contributed by atoms with Gasteiger partial charge in [-0.2, -0.15) is 0 Å². The van der Waals surface area contributed by atoms with Crippen LogP contribution in [0.4, 0.5) is 0 Å². The Labute approximate surface area is 115 Å². The predicted octanol–water partition coefficient (Wildman–Crippen LogP) is 4.16. The van der Waals surface area contributed by atoms with E-state index in [1.54, 1.807) is 0 Å². The van der Waals surface area contributed by atoms with Gasteiger partial charge in [0.1, 0.15) is 0 Å². The van der Waals surface area contributed by atoms with Gasteiger partial charge in [0, 0.05) is 12.6 Å². The van der Waals surface area contributed by atoms with Crippen molar-refractivity contribution in [3.63, 3.8) is 0 Å². The van der Waals surface area contributed by atoms with Gasteiger partial charge < -0.3 is 5.32 Å². The van der Waals surface area contributed by atoms with E-state index in [1.807, 2.05) is 0 Å². The van der Waals surface area contributed by atoms with E-state index in [0.29, 0.717) is 6.04 Å². The van der Waals surface area contributed by atoms with E-state index in [0.717, 1.165) is 6.54 Å². The van der Waals surface area contributed by atoms with Crippen LogP contribution in [0.5, 0.6) is 0 Å². The SMILES string of the molecule is Cc1ccccc1CN[C@H]1CCCc2ccccc21. The third-order valence-corrected chi connectivity index (χ3v) is 4.17. The lowest BCUT2D eigenvalue weighted by molar-refractivity contribution is 0.458. The maximum absolute atomic E-state index is 3.73. The van der Waals surface area contributed by atoms with Crippen LogP contribution in [0.3, 0.4) is 0 Å². The lowest BCUT2D eigenvalue weighted by Crippen LogP contribution is -2.25. The summed E-state index contributed by atoms with van der Waals surface area (Å²) < 4.78 is 0. The van der Waals surface area contributed by atoms with Crippen LogP contribution < -0.4 is 5.32 Å². The first-order chi connectivity index (χ1) is 9.34. The molecule has 1 atom stereocenters.